The zero-order valence-electron chi connectivity index (χ0n) is 16.0. The highest BCUT2D eigenvalue weighted by Gasteiger charge is 2.36. The van der Waals surface area contributed by atoms with E-state index in [9.17, 15) is 14.7 Å². The zero-order valence-corrected chi connectivity index (χ0v) is 16.0. The largest absolute Gasteiger partial charge is 0.424 e. The number of rotatable bonds is 4. The fraction of sp³-hybridized carbons (Fsp3) is 0.550. The van der Waals surface area contributed by atoms with Gasteiger partial charge in [0.25, 0.3) is 5.91 Å². The van der Waals surface area contributed by atoms with Crippen LogP contribution in [0.25, 0.3) is 0 Å². The molecule has 0 saturated carbocycles. The summed E-state index contributed by atoms with van der Waals surface area (Å²) >= 11 is 0. The van der Waals surface area contributed by atoms with Crippen molar-refractivity contribution in [3.05, 3.63) is 52.1 Å². The summed E-state index contributed by atoms with van der Waals surface area (Å²) in [6.07, 6.45) is 7.57. The summed E-state index contributed by atoms with van der Waals surface area (Å²) < 4.78 is 12.8. The Bertz CT molecular complexity index is 891. The minimum Gasteiger partial charge on any atom is -0.424 e. The van der Waals surface area contributed by atoms with Crippen molar-refractivity contribution in [2.45, 2.75) is 50.9 Å². The number of nitrogens with zero attached hydrogens (tertiary/aromatic N) is 3. The topological polar surface area (TPSA) is 97.8 Å². The molecule has 1 atom stereocenters. The van der Waals surface area contributed by atoms with Crippen LogP contribution in [-0.4, -0.2) is 50.8 Å². The molecule has 0 aliphatic carbocycles. The van der Waals surface area contributed by atoms with Gasteiger partial charge in [-0.05, 0) is 44.2 Å². The van der Waals surface area contributed by atoms with Crippen LogP contribution in [0, 0.1) is 6.92 Å². The van der Waals surface area contributed by atoms with Gasteiger partial charge in [0.2, 0.25) is 0 Å². The normalized spacial score (nSPS) is 21.8. The lowest BCUT2D eigenvalue weighted by molar-refractivity contribution is -0.0293. The van der Waals surface area contributed by atoms with E-state index in [1.54, 1.807) is 36.6 Å². The van der Waals surface area contributed by atoms with E-state index in [-0.39, 0.29) is 17.6 Å². The lowest BCUT2D eigenvalue weighted by Crippen LogP contribution is -2.49. The van der Waals surface area contributed by atoms with Crippen LogP contribution in [0.1, 0.15) is 53.5 Å². The van der Waals surface area contributed by atoms with Gasteiger partial charge in [0, 0.05) is 32.1 Å². The van der Waals surface area contributed by atoms with Gasteiger partial charge < -0.3 is 23.7 Å². The molecule has 28 heavy (non-hydrogen) atoms. The first kappa shape index (κ1) is 18.9. The number of aromatic nitrogens is 2. The van der Waals surface area contributed by atoms with Crippen molar-refractivity contribution < 1.29 is 19.1 Å². The highest BCUT2D eigenvalue weighted by molar-refractivity contribution is 5.95. The number of carbonyl (C=O) groups is 1. The number of imidazole rings is 1. The molecule has 2 fully saturated rings. The number of piperidine rings is 1. The van der Waals surface area contributed by atoms with Crippen molar-refractivity contribution >= 4 is 5.91 Å². The molecule has 8 heteroatoms. The maximum atomic E-state index is 12.9. The van der Waals surface area contributed by atoms with Gasteiger partial charge >= 0.3 is 5.63 Å². The number of aryl methyl sites for hydroxylation is 1. The molecule has 2 saturated heterocycles. The SMILES string of the molecule is Cc1cc(C2CCCO2)oc(=O)c1C(=O)N1CCC(O)(Cn2ccnc2)CC1. The molecule has 2 aromatic heterocycles. The lowest BCUT2D eigenvalue weighted by atomic mass is 9.91. The number of amides is 1. The summed E-state index contributed by atoms with van der Waals surface area (Å²) in [5.74, 6) is 0.153. The van der Waals surface area contributed by atoms with Crippen LogP contribution < -0.4 is 5.63 Å². The van der Waals surface area contributed by atoms with Gasteiger partial charge in [0.05, 0.1) is 18.5 Å². The number of likely N-dealkylation sites (tertiary alicyclic amines) is 1. The van der Waals surface area contributed by atoms with Gasteiger partial charge in [-0.15, -0.1) is 0 Å². The van der Waals surface area contributed by atoms with Gasteiger partial charge in [0.15, 0.2) is 0 Å². The van der Waals surface area contributed by atoms with Crippen molar-refractivity contribution in [1.82, 2.24) is 14.5 Å². The standard InChI is InChI=1S/C20H25N3O5/c1-14-11-16(15-3-2-10-27-15)28-19(25)17(14)18(24)23-7-4-20(26,5-8-23)12-22-9-6-21-13-22/h6,9,11,13,15,26H,2-5,7-8,10,12H2,1H3. The highest BCUT2D eigenvalue weighted by Crippen LogP contribution is 2.29. The Morgan fingerprint density at radius 3 is 2.79 bits per heavy atom. The second kappa shape index (κ2) is 7.52. The predicted octanol–water partition coefficient (Wildman–Crippen LogP) is 1.66. The van der Waals surface area contributed by atoms with Crippen LogP contribution in [0.5, 0.6) is 0 Å². The number of carbonyl (C=O) groups excluding carboxylic acids is 1. The third kappa shape index (κ3) is 3.74. The van der Waals surface area contributed by atoms with E-state index < -0.39 is 11.2 Å². The number of hydrogen-bond donors (Lipinski definition) is 1. The Balaban J connectivity index is 1.46. The fourth-order valence-corrected chi connectivity index (χ4v) is 4.01. The molecule has 4 rings (SSSR count). The summed E-state index contributed by atoms with van der Waals surface area (Å²) in [5, 5.41) is 10.8. The molecule has 150 valence electrons. The second-order valence-electron chi connectivity index (χ2n) is 7.75. The van der Waals surface area contributed by atoms with Gasteiger partial charge in [-0.25, -0.2) is 9.78 Å². The number of ether oxygens (including phenoxy) is 1. The maximum absolute atomic E-state index is 12.9. The Morgan fingerprint density at radius 2 is 2.18 bits per heavy atom. The third-order valence-electron chi connectivity index (χ3n) is 5.65. The van der Waals surface area contributed by atoms with Crippen LogP contribution in [0.3, 0.4) is 0 Å². The Morgan fingerprint density at radius 1 is 1.39 bits per heavy atom. The Hall–Kier alpha value is -2.45. The van der Waals surface area contributed by atoms with E-state index in [1.807, 2.05) is 4.57 Å². The predicted molar refractivity (Wildman–Crippen MR) is 100.0 cm³/mol. The summed E-state index contributed by atoms with van der Waals surface area (Å²) in [6.45, 7) is 3.62. The van der Waals surface area contributed by atoms with Crippen LogP contribution in [-0.2, 0) is 11.3 Å². The van der Waals surface area contributed by atoms with Crippen molar-refractivity contribution in [3.63, 3.8) is 0 Å². The van der Waals surface area contributed by atoms with Crippen LogP contribution in [0.2, 0.25) is 0 Å². The number of aliphatic hydroxyl groups is 1. The first-order chi connectivity index (χ1) is 13.5. The van der Waals surface area contributed by atoms with Crippen LogP contribution in [0.4, 0.5) is 0 Å². The Kier molecular flexibility index (Phi) is 5.07. The molecular weight excluding hydrogens is 362 g/mol. The zero-order chi connectivity index (χ0) is 19.7. The fourth-order valence-electron chi connectivity index (χ4n) is 4.01. The van der Waals surface area contributed by atoms with E-state index in [0.717, 1.165) is 12.8 Å². The summed E-state index contributed by atoms with van der Waals surface area (Å²) in [5.41, 5.74) is -0.830. The average Bonchev–Trinajstić information content (AvgIpc) is 3.35. The molecule has 1 unspecified atom stereocenters. The molecule has 2 aliphatic rings. The molecule has 0 spiro atoms. The molecule has 2 aromatic rings. The van der Waals surface area contributed by atoms with E-state index in [1.165, 1.54) is 0 Å². The van der Waals surface area contributed by atoms with Crippen molar-refractivity contribution in [1.29, 1.82) is 0 Å². The third-order valence-corrected chi connectivity index (χ3v) is 5.65. The van der Waals surface area contributed by atoms with E-state index in [2.05, 4.69) is 4.98 Å². The molecular formula is C20H25N3O5. The van der Waals surface area contributed by atoms with E-state index in [0.29, 0.717) is 50.4 Å². The van der Waals surface area contributed by atoms with E-state index in [4.69, 9.17) is 9.15 Å². The van der Waals surface area contributed by atoms with E-state index >= 15 is 0 Å². The first-order valence-electron chi connectivity index (χ1n) is 9.69. The highest BCUT2D eigenvalue weighted by atomic mass is 16.5. The molecule has 2 aliphatic heterocycles. The number of hydrogen-bond acceptors (Lipinski definition) is 6. The molecule has 0 radical (unpaired) electrons. The van der Waals surface area contributed by atoms with Gasteiger partial charge in [-0.3, -0.25) is 4.79 Å². The molecule has 1 N–H and O–H groups in total. The molecule has 0 bridgehead atoms. The van der Waals surface area contributed by atoms with Gasteiger partial charge in [0.1, 0.15) is 17.4 Å². The summed E-state index contributed by atoms with van der Waals surface area (Å²) in [4.78, 5) is 31.1. The minimum atomic E-state index is -0.888. The van der Waals surface area contributed by atoms with Crippen molar-refractivity contribution in [3.8, 4) is 0 Å². The second-order valence-corrected chi connectivity index (χ2v) is 7.75. The first-order valence-corrected chi connectivity index (χ1v) is 9.69. The average molecular weight is 387 g/mol. The monoisotopic (exact) mass is 387 g/mol. The quantitative estimate of drug-likeness (QED) is 0.857. The van der Waals surface area contributed by atoms with Crippen molar-refractivity contribution in [2.75, 3.05) is 19.7 Å². The van der Waals surface area contributed by atoms with Gasteiger partial charge in [-0.1, -0.05) is 0 Å². The smallest absolute Gasteiger partial charge is 0.349 e. The Labute approximate surface area is 162 Å². The molecule has 8 nitrogen and oxygen atoms in total. The van der Waals surface area contributed by atoms with Crippen LogP contribution >= 0.6 is 0 Å². The minimum absolute atomic E-state index is 0.0711. The van der Waals surface area contributed by atoms with Crippen LogP contribution in [0.15, 0.2) is 34.0 Å². The lowest BCUT2D eigenvalue weighted by Gasteiger charge is -2.38. The molecule has 0 aromatic carbocycles. The summed E-state index contributed by atoms with van der Waals surface area (Å²) in [7, 11) is 0. The summed E-state index contributed by atoms with van der Waals surface area (Å²) in [6, 6.07) is 1.74. The molecule has 4 heterocycles. The van der Waals surface area contributed by atoms with Crippen molar-refractivity contribution in [2.24, 2.45) is 0 Å². The van der Waals surface area contributed by atoms with Gasteiger partial charge in [-0.2, -0.15) is 0 Å². The molecule has 1 amide bonds. The maximum Gasteiger partial charge on any atom is 0.349 e.